The van der Waals surface area contributed by atoms with Crippen LogP contribution in [0.25, 0.3) is 0 Å². The van der Waals surface area contributed by atoms with Crippen LogP contribution >= 0.6 is 0 Å². The standard InChI is InChI=1S/C6H13NO5.2ClH.Mg.H2O4S/c7-3(1-8)5(11)6(12)4(10)2-9;;;;1-5(2,3)4/h1,3-6,9-12H,2,7H2;2*1H;;(H2,1,2,3,4)/q;;;+2;/p-2/t3-,4+,5+,6+;;;;/m0..../s1. The summed E-state index contributed by atoms with van der Waals surface area (Å²) in [6.07, 6.45) is -4.43. The molecule has 14 heteroatoms. The van der Waals surface area contributed by atoms with E-state index in [9.17, 15) is 4.79 Å². The van der Waals surface area contributed by atoms with Gasteiger partial charge in [0.15, 0.2) is 0 Å². The molecular formula is C6H15Cl2MgNO9S. The third-order valence-electron chi connectivity index (χ3n) is 1.48. The topological polar surface area (TPSA) is 199 Å². The van der Waals surface area contributed by atoms with Gasteiger partial charge < -0.3 is 55.8 Å². The molecule has 0 rings (SSSR count). The first-order chi connectivity index (χ1) is 7.54. The molecule has 0 aliphatic carbocycles. The number of nitrogens with two attached hydrogens (primary N) is 1. The third-order valence-corrected chi connectivity index (χ3v) is 1.48. The smallest absolute Gasteiger partial charge is 1.00 e. The van der Waals surface area contributed by atoms with Crippen molar-refractivity contribution >= 4 is 39.7 Å². The zero-order valence-corrected chi connectivity index (χ0v) is 13.7. The molecule has 0 aromatic rings. The quantitative estimate of drug-likeness (QED) is 0.138. The van der Waals surface area contributed by atoms with E-state index in [-0.39, 0.29) is 54.2 Å². The molecule has 0 aromatic heterocycles. The summed E-state index contributed by atoms with van der Waals surface area (Å²) in [5.74, 6) is 0. The number of halogens is 2. The Kier molecular flexibility index (Phi) is 26.2. The largest absolute Gasteiger partial charge is 2.00 e. The van der Waals surface area contributed by atoms with Gasteiger partial charge in [0, 0.05) is 0 Å². The van der Waals surface area contributed by atoms with Gasteiger partial charge in [-0.25, -0.2) is 0 Å². The minimum Gasteiger partial charge on any atom is -1.00 e. The molecule has 0 spiro atoms. The van der Waals surface area contributed by atoms with Crippen molar-refractivity contribution < 1.29 is 67.6 Å². The molecule has 0 radical (unpaired) electrons. The van der Waals surface area contributed by atoms with Crippen molar-refractivity contribution in [2.75, 3.05) is 6.61 Å². The van der Waals surface area contributed by atoms with E-state index in [1.54, 1.807) is 0 Å². The van der Waals surface area contributed by atoms with Crippen LogP contribution in [0.15, 0.2) is 0 Å². The molecule has 0 saturated carbocycles. The van der Waals surface area contributed by atoms with Gasteiger partial charge >= 0.3 is 33.5 Å². The van der Waals surface area contributed by atoms with E-state index in [1.807, 2.05) is 0 Å². The zero-order chi connectivity index (χ0) is 14.2. The molecule has 0 saturated heterocycles. The Morgan fingerprint density at radius 2 is 1.35 bits per heavy atom. The first-order valence-corrected chi connectivity index (χ1v) is 5.50. The molecule has 8 N–H and O–H groups in total. The van der Waals surface area contributed by atoms with Crippen molar-refractivity contribution in [2.45, 2.75) is 24.4 Å². The van der Waals surface area contributed by atoms with E-state index in [1.165, 1.54) is 0 Å². The Balaban J connectivity index is -0.0000000821. The summed E-state index contributed by atoms with van der Waals surface area (Å²) in [6, 6.07) is -1.26. The van der Waals surface area contributed by atoms with Gasteiger partial charge in [0.25, 0.3) is 0 Å². The van der Waals surface area contributed by atoms with Gasteiger partial charge in [-0.05, 0) is 0 Å². The SMILES string of the molecule is N[C@@H](C=O)[C@@H](O)[C@H](O)[C@H](O)CO.O=S(=O)(O)O.[Cl-].[Cl-].[Mg+2]. The van der Waals surface area contributed by atoms with Crippen LogP contribution in [0.3, 0.4) is 0 Å². The number of aliphatic hydroxyl groups is 4. The molecule has 4 atom stereocenters. The van der Waals surface area contributed by atoms with Crippen LogP contribution in [0.4, 0.5) is 0 Å². The first kappa shape index (κ1) is 32.6. The molecule has 10 nitrogen and oxygen atoms in total. The van der Waals surface area contributed by atoms with Gasteiger partial charge in [-0.3, -0.25) is 9.11 Å². The van der Waals surface area contributed by atoms with Crippen LogP contribution in [0, 0.1) is 0 Å². The van der Waals surface area contributed by atoms with Gasteiger partial charge in [-0.2, -0.15) is 8.42 Å². The minimum absolute atomic E-state index is 0. The van der Waals surface area contributed by atoms with Crippen LogP contribution in [0.1, 0.15) is 0 Å². The van der Waals surface area contributed by atoms with E-state index in [0.29, 0.717) is 0 Å². The maximum absolute atomic E-state index is 10.0. The van der Waals surface area contributed by atoms with Crippen molar-refractivity contribution in [1.29, 1.82) is 0 Å². The number of aliphatic hydroxyl groups excluding tert-OH is 4. The van der Waals surface area contributed by atoms with Crippen molar-refractivity contribution in [2.24, 2.45) is 5.73 Å². The summed E-state index contributed by atoms with van der Waals surface area (Å²) >= 11 is 0. The van der Waals surface area contributed by atoms with Crippen LogP contribution in [-0.4, -0.2) is 98.2 Å². The van der Waals surface area contributed by atoms with Gasteiger partial charge in [-0.1, -0.05) is 0 Å². The summed E-state index contributed by atoms with van der Waals surface area (Å²) in [7, 11) is -4.67. The molecule has 0 aromatic carbocycles. The summed E-state index contributed by atoms with van der Waals surface area (Å²) in [6.45, 7) is -0.705. The molecule has 0 aliphatic heterocycles. The molecule has 0 heterocycles. The second-order valence-electron chi connectivity index (χ2n) is 2.89. The predicted molar refractivity (Wildman–Crippen MR) is 59.1 cm³/mol. The van der Waals surface area contributed by atoms with Crippen LogP contribution < -0.4 is 30.5 Å². The number of hydrogen-bond donors (Lipinski definition) is 7. The fraction of sp³-hybridized carbons (Fsp3) is 0.833. The number of carbonyl (C=O) groups excluding carboxylic acids is 1. The molecule has 0 amide bonds. The molecule has 0 aliphatic rings. The fourth-order valence-electron chi connectivity index (χ4n) is 0.644. The van der Waals surface area contributed by atoms with Gasteiger partial charge in [-0.15, -0.1) is 0 Å². The zero-order valence-electron chi connectivity index (χ0n) is 9.95. The average molecular weight is 372 g/mol. The molecule has 0 fully saturated rings. The molecule has 0 unspecified atom stereocenters. The maximum atomic E-state index is 10.0. The maximum Gasteiger partial charge on any atom is 2.00 e. The number of hydrogen-bond acceptors (Lipinski definition) is 8. The van der Waals surface area contributed by atoms with Gasteiger partial charge in [0.2, 0.25) is 0 Å². The Morgan fingerprint density at radius 3 is 1.55 bits per heavy atom. The predicted octanol–water partition coefficient (Wildman–Crippen LogP) is -10.4. The summed E-state index contributed by atoms with van der Waals surface area (Å²) in [5, 5.41) is 35.2. The molecule has 20 heavy (non-hydrogen) atoms. The summed E-state index contributed by atoms with van der Waals surface area (Å²) in [4.78, 5) is 10.0. The van der Waals surface area contributed by atoms with Crippen LogP contribution in [0.5, 0.6) is 0 Å². The van der Waals surface area contributed by atoms with Crippen molar-refractivity contribution in [3.8, 4) is 0 Å². The van der Waals surface area contributed by atoms with Crippen molar-refractivity contribution in [1.82, 2.24) is 0 Å². The van der Waals surface area contributed by atoms with Gasteiger partial charge in [0.05, 0.1) is 12.6 Å². The van der Waals surface area contributed by atoms with Crippen LogP contribution in [0.2, 0.25) is 0 Å². The second-order valence-corrected chi connectivity index (χ2v) is 3.79. The summed E-state index contributed by atoms with van der Waals surface area (Å²) < 4.78 is 31.6. The Bertz CT molecular complexity index is 312. The Morgan fingerprint density at radius 1 is 1.05 bits per heavy atom. The first-order valence-electron chi connectivity index (χ1n) is 4.10. The van der Waals surface area contributed by atoms with E-state index < -0.39 is 41.4 Å². The second kappa shape index (κ2) is 16.1. The monoisotopic (exact) mass is 371 g/mol. The molecule has 120 valence electrons. The number of rotatable bonds is 5. The Labute approximate surface area is 143 Å². The van der Waals surface area contributed by atoms with Crippen molar-refractivity contribution in [3.63, 3.8) is 0 Å². The van der Waals surface area contributed by atoms with Crippen LogP contribution in [-0.2, 0) is 15.2 Å². The van der Waals surface area contributed by atoms with E-state index in [0.717, 1.165) is 0 Å². The average Bonchev–Trinajstić information content (AvgIpc) is 2.22. The Hall–Kier alpha value is 0.686. The third kappa shape index (κ3) is 21.0. The van der Waals surface area contributed by atoms with Gasteiger partial charge in [0.1, 0.15) is 24.6 Å². The van der Waals surface area contributed by atoms with E-state index >= 15 is 0 Å². The summed E-state index contributed by atoms with van der Waals surface area (Å²) in [5.41, 5.74) is 5.04. The number of aldehydes is 1. The van der Waals surface area contributed by atoms with E-state index in [2.05, 4.69) is 0 Å². The fourth-order valence-corrected chi connectivity index (χ4v) is 0.644. The minimum atomic E-state index is -4.67. The normalized spacial score (nSPS) is 15.6. The molecule has 0 bridgehead atoms. The molecular weight excluding hydrogens is 357 g/mol. The van der Waals surface area contributed by atoms with Crippen molar-refractivity contribution in [3.05, 3.63) is 0 Å². The number of carbonyl (C=O) groups is 1. The van der Waals surface area contributed by atoms with E-state index in [4.69, 9.17) is 43.7 Å².